The maximum Gasteiger partial charge on any atom is 0.255 e. The first-order valence-corrected chi connectivity index (χ1v) is 12.9. The van der Waals surface area contributed by atoms with E-state index in [0.29, 0.717) is 43.0 Å². The molecule has 3 N–H and O–H groups in total. The fourth-order valence-corrected chi connectivity index (χ4v) is 5.23. The molecule has 2 amide bonds. The first-order valence-electron chi connectivity index (χ1n) is 12.9. The van der Waals surface area contributed by atoms with Crippen LogP contribution in [0, 0.1) is 0 Å². The van der Waals surface area contributed by atoms with Gasteiger partial charge >= 0.3 is 0 Å². The summed E-state index contributed by atoms with van der Waals surface area (Å²) in [6.07, 6.45) is -0.0422. The quantitative estimate of drug-likeness (QED) is 0.405. The van der Waals surface area contributed by atoms with Gasteiger partial charge in [0.25, 0.3) is 11.8 Å². The van der Waals surface area contributed by atoms with Crippen molar-refractivity contribution in [2.75, 3.05) is 13.2 Å². The number of fused-ring (bicyclic) bond motifs is 2. The summed E-state index contributed by atoms with van der Waals surface area (Å²) in [5.41, 5.74) is 5.24. The summed E-state index contributed by atoms with van der Waals surface area (Å²) in [7, 11) is 0. The zero-order valence-electron chi connectivity index (χ0n) is 21.6. The molecule has 38 heavy (non-hydrogen) atoms. The van der Waals surface area contributed by atoms with Crippen LogP contribution in [0.5, 0.6) is 5.75 Å². The number of nitrogens with one attached hydrogen (secondary N) is 2. The number of aliphatic hydroxyl groups excluding tert-OH is 1. The number of rotatable bonds is 8. The zero-order valence-corrected chi connectivity index (χ0v) is 22.5. The highest BCUT2D eigenvalue weighted by molar-refractivity contribution is 6.03. The molecule has 5 rings (SSSR count). The van der Waals surface area contributed by atoms with E-state index in [0.717, 1.165) is 11.1 Å². The van der Waals surface area contributed by atoms with Crippen molar-refractivity contribution in [3.05, 3.63) is 100 Å². The van der Waals surface area contributed by atoms with Gasteiger partial charge in [0, 0.05) is 31.2 Å². The Bertz CT molecular complexity index is 1300. The Kier molecular flexibility index (Phi) is 8.72. The number of benzene rings is 3. The lowest BCUT2D eigenvalue weighted by atomic mass is 9.93. The van der Waals surface area contributed by atoms with Gasteiger partial charge in [-0.3, -0.25) is 9.59 Å². The van der Waals surface area contributed by atoms with Crippen LogP contribution in [0.2, 0.25) is 0 Å². The van der Waals surface area contributed by atoms with Gasteiger partial charge in [-0.05, 0) is 54.7 Å². The maximum absolute atomic E-state index is 13.3. The second kappa shape index (κ2) is 12.0. The molecular weight excluding hydrogens is 502 g/mol. The largest absolute Gasteiger partial charge is 0.493 e. The Balaban J connectivity index is 0.00000336. The molecule has 0 fully saturated rings. The summed E-state index contributed by atoms with van der Waals surface area (Å²) in [6.45, 7) is 5.44. The van der Waals surface area contributed by atoms with Crippen molar-refractivity contribution in [3.8, 4) is 5.75 Å². The molecule has 1 unspecified atom stereocenters. The smallest absolute Gasteiger partial charge is 0.255 e. The molecule has 3 aromatic rings. The molecule has 0 saturated carbocycles. The molecule has 3 atom stereocenters. The van der Waals surface area contributed by atoms with Crippen molar-refractivity contribution in [2.45, 2.75) is 51.5 Å². The Morgan fingerprint density at radius 3 is 2.55 bits per heavy atom. The van der Waals surface area contributed by atoms with E-state index >= 15 is 0 Å². The molecule has 0 spiro atoms. The first-order chi connectivity index (χ1) is 18.0. The van der Waals surface area contributed by atoms with E-state index in [-0.39, 0.29) is 42.8 Å². The van der Waals surface area contributed by atoms with Crippen molar-refractivity contribution in [1.29, 1.82) is 0 Å². The summed E-state index contributed by atoms with van der Waals surface area (Å²) < 4.78 is 5.77. The molecular formula is C30H34ClN3O4. The number of aliphatic hydroxyl groups is 1. The molecule has 2 aliphatic rings. The number of carbonyl (C=O) groups excluding carboxylic acids is 2. The molecule has 2 heterocycles. The lowest BCUT2D eigenvalue weighted by Crippen LogP contribution is -2.49. The molecule has 0 bridgehead atoms. The summed E-state index contributed by atoms with van der Waals surface area (Å²) in [6, 6.07) is 21.3. The maximum atomic E-state index is 13.3. The van der Waals surface area contributed by atoms with Crippen LogP contribution in [-0.4, -0.2) is 47.1 Å². The number of hydrogen-bond donors (Lipinski definition) is 3. The fourth-order valence-electron chi connectivity index (χ4n) is 5.23. The normalized spacial score (nSPS) is 17.6. The van der Waals surface area contributed by atoms with Crippen LogP contribution >= 0.6 is 12.4 Å². The highest BCUT2D eigenvalue weighted by Gasteiger charge is 2.34. The predicted octanol–water partition coefficient (Wildman–Crippen LogP) is 4.03. The van der Waals surface area contributed by atoms with Crippen LogP contribution in [0.25, 0.3) is 0 Å². The topological polar surface area (TPSA) is 90.9 Å². The summed E-state index contributed by atoms with van der Waals surface area (Å²) in [5, 5.41) is 17.0. The Morgan fingerprint density at radius 1 is 1.11 bits per heavy atom. The number of hydrogen-bond acceptors (Lipinski definition) is 5. The SMILES string of the molecule is CCOc1cc2c(cc1C(=O)NC[C@@H](O)[C@@H]1Cc3ccccc3CN1)CN(C(C)c1ccccc1)C2=O.Cl. The third-order valence-corrected chi connectivity index (χ3v) is 7.38. The molecule has 7 nitrogen and oxygen atoms in total. The highest BCUT2D eigenvalue weighted by Crippen LogP contribution is 2.35. The molecule has 2 aliphatic heterocycles. The van der Waals surface area contributed by atoms with Gasteiger partial charge in [0.05, 0.1) is 24.3 Å². The zero-order chi connectivity index (χ0) is 25.9. The van der Waals surface area contributed by atoms with Crippen molar-refractivity contribution in [3.63, 3.8) is 0 Å². The number of nitrogens with zero attached hydrogens (tertiary/aromatic N) is 1. The van der Waals surface area contributed by atoms with Crippen LogP contribution in [0.1, 0.15) is 62.9 Å². The summed E-state index contributed by atoms with van der Waals surface area (Å²) in [5.74, 6) is -0.0256. The fraction of sp³-hybridized carbons (Fsp3) is 0.333. The van der Waals surface area contributed by atoms with Gasteiger partial charge in [-0.15, -0.1) is 12.4 Å². The van der Waals surface area contributed by atoms with Crippen LogP contribution in [0.3, 0.4) is 0 Å². The molecule has 3 aromatic carbocycles. The van der Waals surface area contributed by atoms with E-state index in [9.17, 15) is 14.7 Å². The van der Waals surface area contributed by atoms with Crippen LogP contribution in [0.15, 0.2) is 66.7 Å². The lowest BCUT2D eigenvalue weighted by Gasteiger charge is -2.30. The van der Waals surface area contributed by atoms with Gasteiger partial charge in [-0.2, -0.15) is 0 Å². The van der Waals surface area contributed by atoms with Crippen LogP contribution in [-0.2, 0) is 19.5 Å². The molecule has 0 saturated heterocycles. The Morgan fingerprint density at radius 2 is 1.82 bits per heavy atom. The standard InChI is InChI=1S/C30H33N3O4.ClH/c1-3-37-28-15-24-23(18-33(30(24)36)19(2)20-9-5-4-6-10-20)13-25(28)29(35)32-17-27(34)26-14-21-11-7-8-12-22(21)16-31-26;/h4-13,15,19,26-27,31,34H,3,14,16-18H2,1-2H3,(H,32,35);1H/t19?,26-,27+;/m0./s1. The number of halogens is 1. The highest BCUT2D eigenvalue weighted by atomic mass is 35.5. The average molecular weight is 536 g/mol. The van der Waals surface area contributed by atoms with Gasteiger partial charge in [-0.25, -0.2) is 0 Å². The van der Waals surface area contributed by atoms with Gasteiger partial charge in [0.15, 0.2) is 0 Å². The minimum absolute atomic E-state index is 0. The Labute approximate surface area is 229 Å². The molecule has 200 valence electrons. The van der Waals surface area contributed by atoms with Gasteiger partial charge in [0.2, 0.25) is 0 Å². The molecule has 8 heteroatoms. The third-order valence-electron chi connectivity index (χ3n) is 7.38. The molecule has 0 aliphatic carbocycles. The van der Waals surface area contributed by atoms with E-state index in [1.807, 2.05) is 61.2 Å². The van der Waals surface area contributed by atoms with Crippen molar-refractivity contribution >= 4 is 24.2 Å². The second-order valence-corrected chi connectivity index (χ2v) is 9.70. The minimum atomic E-state index is -0.744. The monoisotopic (exact) mass is 535 g/mol. The summed E-state index contributed by atoms with van der Waals surface area (Å²) >= 11 is 0. The van der Waals surface area contributed by atoms with E-state index in [2.05, 4.69) is 22.8 Å². The van der Waals surface area contributed by atoms with Gasteiger partial charge < -0.3 is 25.4 Å². The van der Waals surface area contributed by atoms with Crippen LogP contribution < -0.4 is 15.4 Å². The first kappa shape index (κ1) is 27.6. The average Bonchev–Trinajstić information content (AvgIpc) is 3.26. The van der Waals surface area contributed by atoms with Crippen molar-refractivity contribution in [2.24, 2.45) is 0 Å². The lowest BCUT2D eigenvalue weighted by molar-refractivity contribution is 0.0715. The van der Waals surface area contributed by atoms with E-state index in [1.54, 1.807) is 12.1 Å². The molecule has 0 radical (unpaired) electrons. The third kappa shape index (κ3) is 5.55. The summed E-state index contributed by atoms with van der Waals surface area (Å²) in [4.78, 5) is 28.3. The number of carbonyl (C=O) groups is 2. The van der Waals surface area contributed by atoms with Gasteiger partial charge in [0.1, 0.15) is 5.75 Å². The number of amides is 2. The van der Waals surface area contributed by atoms with Gasteiger partial charge in [-0.1, -0.05) is 54.6 Å². The van der Waals surface area contributed by atoms with E-state index in [4.69, 9.17) is 4.74 Å². The van der Waals surface area contributed by atoms with E-state index < -0.39 is 6.10 Å². The van der Waals surface area contributed by atoms with E-state index in [1.165, 1.54) is 11.1 Å². The Hall–Kier alpha value is -3.39. The van der Waals surface area contributed by atoms with Crippen LogP contribution in [0.4, 0.5) is 0 Å². The predicted molar refractivity (Wildman–Crippen MR) is 149 cm³/mol. The minimum Gasteiger partial charge on any atom is -0.493 e. The second-order valence-electron chi connectivity index (χ2n) is 9.70. The molecule has 0 aromatic heterocycles. The number of ether oxygens (including phenoxy) is 1. The van der Waals surface area contributed by atoms with Crippen molar-refractivity contribution in [1.82, 2.24) is 15.5 Å². The van der Waals surface area contributed by atoms with Crippen molar-refractivity contribution < 1.29 is 19.4 Å².